The fourth-order valence-corrected chi connectivity index (χ4v) is 4.21. The van der Waals surface area contributed by atoms with E-state index < -0.39 is 17.7 Å². The third kappa shape index (κ3) is 5.37. The van der Waals surface area contributed by atoms with Gasteiger partial charge in [0.25, 0.3) is 11.7 Å². The van der Waals surface area contributed by atoms with Gasteiger partial charge in [0.05, 0.1) is 23.2 Å². The average Bonchev–Trinajstić information content (AvgIpc) is 3.05. The molecule has 1 fully saturated rings. The largest absolute Gasteiger partial charge is 0.507 e. The van der Waals surface area contributed by atoms with Crippen LogP contribution in [-0.4, -0.2) is 74.5 Å². The van der Waals surface area contributed by atoms with Gasteiger partial charge < -0.3 is 24.5 Å². The number of Topliss-reactive ketones (excluding diaryl/α,β-unsaturated/α-hetero) is 1. The van der Waals surface area contributed by atoms with Crippen molar-refractivity contribution in [3.8, 4) is 5.75 Å². The summed E-state index contributed by atoms with van der Waals surface area (Å²) in [5, 5.41) is 11.7. The van der Waals surface area contributed by atoms with E-state index in [1.165, 1.54) is 0 Å². The lowest BCUT2D eigenvalue weighted by atomic mass is 9.95. The maximum Gasteiger partial charge on any atom is 0.295 e. The predicted octanol–water partition coefficient (Wildman–Crippen LogP) is 4.18. The van der Waals surface area contributed by atoms with Gasteiger partial charge in [-0.15, -0.1) is 0 Å². The lowest BCUT2D eigenvalue weighted by Crippen LogP contribution is -2.32. The van der Waals surface area contributed by atoms with Gasteiger partial charge in [0.15, 0.2) is 0 Å². The van der Waals surface area contributed by atoms with Crippen LogP contribution in [-0.2, 0) is 9.59 Å². The van der Waals surface area contributed by atoms with Crippen molar-refractivity contribution in [2.24, 2.45) is 0 Å². The number of aliphatic hydroxyl groups excluding tert-OH is 1. The Bertz CT molecular complexity index is 1080. The number of anilines is 1. The highest BCUT2D eigenvalue weighted by Crippen LogP contribution is 2.40. The SMILES string of the molecule is CCOc1cc(/C(O)=C2/C(=O)C(=O)N(CCCN(C)C)C2c2ccc(N(C)C)cc2)ccc1Cl. The molecule has 34 heavy (non-hydrogen) atoms. The van der Waals surface area contributed by atoms with Gasteiger partial charge in [-0.3, -0.25) is 9.59 Å². The van der Waals surface area contributed by atoms with Gasteiger partial charge in [-0.25, -0.2) is 0 Å². The predicted molar refractivity (Wildman–Crippen MR) is 136 cm³/mol. The van der Waals surface area contributed by atoms with Crippen LogP contribution in [0.5, 0.6) is 5.75 Å². The van der Waals surface area contributed by atoms with Crippen molar-refractivity contribution in [1.29, 1.82) is 0 Å². The molecule has 1 unspecified atom stereocenters. The summed E-state index contributed by atoms with van der Waals surface area (Å²) in [5.41, 5.74) is 2.19. The Morgan fingerprint density at radius 2 is 1.76 bits per heavy atom. The maximum absolute atomic E-state index is 13.2. The minimum Gasteiger partial charge on any atom is -0.507 e. The Balaban J connectivity index is 2.11. The number of rotatable bonds is 9. The van der Waals surface area contributed by atoms with Gasteiger partial charge in [0.2, 0.25) is 0 Å². The van der Waals surface area contributed by atoms with E-state index in [1.807, 2.05) is 69.2 Å². The molecule has 0 saturated carbocycles. The number of amides is 1. The highest BCUT2D eigenvalue weighted by molar-refractivity contribution is 6.46. The first-order chi connectivity index (χ1) is 16.1. The third-order valence-electron chi connectivity index (χ3n) is 5.77. The number of hydrogen-bond donors (Lipinski definition) is 1. The van der Waals surface area contributed by atoms with Crippen LogP contribution in [0.25, 0.3) is 5.76 Å². The Morgan fingerprint density at radius 1 is 1.09 bits per heavy atom. The molecule has 1 aliphatic rings. The van der Waals surface area contributed by atoms with Crippen molar-refractivity contribution in [2.45, 2.75) is 19.4 Å². The van der Waals surface area contributed by atoms with Gasteiger partial charge in [-0.1, -0.05) is 23.7 Å². The summed E-state index contributed by atoms with van der Waals surface area (Å²) >= 11 is 6.20. The number of carbonyl (C=O) groups excluding carboxylic acids is 2. The van der Waals surface area contributed by atoms with E-state index in [4.69, 9.17) is 16.3 Å². The van der Waals surface area contributed by atoms with Crippen LogP contribution in [0.2, 0.25) is 5.02 Å². The molecule has 8 heteroatoms. The molecule has 0 spiro atoms. The molecule has 1 N–H and O–H groups in total. The van der Waals surface area contributed by atoms with Crippen molar-refractivity contribution in [2.75, 3.05) is 52.8 Å². The molecule has 2 aromatic carbocycles. The van der Waals surface area contributed by atoms with Crippen molar-refractivity contribution < 1.29 is 19.4 Å². The van der Waals surface area contributed by atoms with Crippen molar-refractivity contribution in [1.82, 2.24) is 9.80 Å². The van der Waals surface area contributed by atoms with Crippen molar-refractivity contribution in [3.05, 3.63) is 64.2 Å². The van der Waals surface area contributed by atoms with Gasteiger partial charge in [-0.05, 0) is 69.9 Å². The first-order valence-electron chi connectivity index (χ1n) is 11.3. The molecule has 1 saturated heterocycles. The summed E-state index contributed by atoms with van der Waals surface area (Å²) in [4.78, 5) is 31.8. The number of halogens is 1. The number of aliphatic hydroxyl groups is 1. The Kier molecular flexibility index (Phi) is 8.23. The number of ether oxygens (including phenoxy) is 1. The van der Waals surface area contributed by atoms with Crippen LogP contribution in [0.4, 0.5) is 5.69 Å². The third-order valence-corrected chi connectivity index (χ3v) is 6.09. The van der Waals surface area contributed by atoms with Crippen molar-refractivity contribution in [3.63, 3.8) is 0 Å². The smallest absolute Gasteiger partial charge is 0.295 e. The van der Waals surface area contributed by atoms with E-state index in [0.717, 1.165) is 17.8 Å². The van der Waals surface area contributed by atoms with Crippen LogP contribution in [0.15, 0.2) is 48.0 Å². The minimum atomic E-state index is -0.697. The van der Waals surface area contributed by atoms with E-state index in [-0.39, 0.29) is 11.3 Å². The molecule has 182 valence electrons. The zero-order chi connectivity index (χ0) is 25.0. The zero-order valence-corrected chi connectivity index (χ0v) is 21.1. The second kappa shape index (κ2) is 10.9. The van der Waals surface area contributed by atoms with Gasteiger partial charge >= 0.3 is 0 Å². The van der Waals surface area contributed by atoms with Crippen LogP contribution < -0.4 is 9.64 Å². The molecule has 1 aliphatic heterocycles. The van der Waals surface area contributed by atoms with E-state index in [1.54, 1.807) is 23.1 Å². The van der Waals surface area contributed by atoms with Crippen molar-refractivity contribution >= 4 is 34.7 Å². The molecule has 0 bridgehead atoms. The van der Waals surface area contributed by atoms with Crippen LogP contribution in [0.3, 0.4) is 0 Å². The molecule has 1 heterocycles. The molecule has 3 rings (SSSR count). The number of hydrogen-bond acceptors (Lipinski definition) is 6. The van der Waals surface area contributed by atoms with E-state index in [2.05, 4.69) is 0 Å². The van der Waals surface area contributed by atoms with Crippen LogP contribution in [0, 0.1) is 0 Å². The minimum absolute atomic E-state index is 0.0669. The lowest BCUT2D eigenvalue weighted by Gasteiger charge is -2.26. The molecule has 1 amide bonds. The maximum atomic E-state index is 13.2. The molecule has 0 aliphatic carbocycles. The topological polar surface area (TPSA) is 73.3 Å². The normalized spacial score (nSPS) is 17.5. The number of benzene rings is 2. The number of ketones is 1. The number of likely N-dealkylation sites (tertiary alicyclic amines) is 1. The van der Waals surface area contributed by atoms with Gasteiger partial charge in [-0.2, -0.15) is 0 Å². The first kappa shape index (κ1) is 25.6. The monoisotopic (exact) mass is 485 g/mol. The summed E-state index contributed by atoms with van der Waals surface area (Å²) in [6, 6.07) is 11.8. The Hall–Kier alpha value is -3.03. The highest BCUT2D eigenvalue weighted by atomic mass is 35.5. The molecular weight excluding hydrogens is 454 g/mol. The number of nitrogens with zero attached hydrogens (tertiary/aromatic N) is 3. The Labute approximate surface area is 206 Å². The summed E-state index contributed by atoms with van der Waals surface area (Å²) in [7, 11) is 7.81. The van der Waals surface area contributed by atoms with Gasteiger partial charge in [0, 0.05) is 31.9 Å². The van der Waals surface area contributed by atoms with E-state index in [9.17, 15) is 14.7 Å². The molecular formula is C26H32ClN3O4. The van der Waals surface area contributed by atoms with Gasteiger partial charge in [0.1, 0.15) is 11.5 Å². The first-order valence-corrected chi connectivity index (χ1v) is 11.7. The van der Waals surface area contributed by atoms with E-state index in [0.29, 0.717) is 35.9 Å². The lowest BCUT2D eigenvalue weighted by molar-refractivity contribution is -0.139. The molecule has 0 radical (unpaired) electrons. The fraction of sp³-hybridized carbons (Fsp3) is 0.385. The van der Waals surface area contributed by atoms with E-state index >= 15 is 0 Å². The summed E-state index contributed by atoms with van der Waals surface area (Å²) in [5.74, 6) is -1.15. The highest BCUT2D eigenvalue weighted by Gasteiger charge is 2.45. The number of carbonyl (C=O) groups is 2. The molecule has 1 atom stereocenters. The summed E-state index contributed by atoms with van der Waals surface area (Å²) in [6.45, 7) is 3.40. The van der Waals surface area contributed by atoms with Crippen LogP contribution >= 0.6 is 11.6 Å². The Morgan fingerprint density at radius 3 is 2.35 bits per heavy atom. The second-order valence-electron chi connectivity index (χ2n) is 8.71. The summed E-state index contributed by atoms with van der Waals surface area (Å²) in [6.07, 6.45) is 0.696. The van der Waals surface area contributed by atoms with Crippen LogP contribution in [0.1, 0.15) is 30.5 Å². The fourth-order valence-electron chi connectivity index (χ4n) is 4.04. The second-order valence-corrected chi connectivity index (χ2v) is 9.12. The summed E-state index contributed by atoms with van der Waals surface area (Å²) < 4.78 is 5.54. The molecule has 2 aromatic rings. The standard InChI is InChI=1S/C26H32ClN3O4/c1-6-34-21-16-18(10-13-20(21)27)24(31)22-23(17-8-11-19(12-9-17)29(4)5)30(26(33)25(22)32)15-7-14-28(2)3/h8-13,16,23,31H,6-7,14-15H2,1-5H3/b24-22-. The quantitative estimate of drug-likeness (QED) is 0.326. The molecule has 0 aromatic heterocycles. The zero-order valence-electron chi connectivity index (χ0n) is 20.3. The average molecular weight is 486 g/mol. The molecule has 7 nitrogen and oxygen atoms in total.